The largest absolute Gasteiger partial charge is 0.452 e. The average Bonchev–Trinajstić information content (AvgIpc) is 2.70. The van der Waals surface area contributed by atoms with Gasteiger partial charge in [0, 0.05) is 17.5 Å². The van der Waals surface area contributed by atoms with Crippen LogP contribution in [-0.2, 0) is 0 Å². The fourth-order valence-electron chi connectivity index (χ4n) is 1.74. The van der Waals surface area contributed by atoms with E-state index in [0.717, 1.165) is 22.2 Å². The number of rotatable bonds is 0. The fourth-order valence-corrected chi connectivity index (χ4v) is 1.74. The van der Waals surface area contributed by atoms with Gasteiger partial charge in [0.15, 0.2) is 11.2 Å². The van der Waals surface area contributed by atoms with Gasteiger partial charge in [-0.2, -0.15) is 0 Å². The Kier molecular flexibility index (Phi) is 1.05. The number of nitrogens with one attached hydrogen (secondary N) is 2. The lowest BCUT2D eigenvalue weighted by Gasteiger charge is -1.85. The summed E-state index contributed by atoms with van der Waals surface area (Å²) in [6.45, 7) is 4.12. The smallest absolute Gasteiger partial charge is 0.157 e. The molecule has 0 spiro atoms. The van der Waals surface area contributed by atoms with Crippen molar-refractivity contribution in [2.24, 2.45) is 0 Å². The van der Waals surface area contributed by atoms with Gasteiger partial charge in [-0.25, -0.2) is 0 Å². The summed E-state index contributed by atoms with van der Waals surface area (Å²) in [5.41, 5.74) is 6.40. The molecule has 0 fully saturated rings. The molecule has 0 saturated carbocycles. The van der Waals surface area contributed by atoms with Gasteiger partial charge in [0.25, 0.3) is 0 Å². The molecule has 0 saturated heterocycles. The normalized spacial score (nSPS) is 11.8. The molecule has 0 atom stereocenters. The van der Waals surface area contributed by atoms with Gasteiger partial charge in [-0.05, 0) is 19.9 Å². The molecule has 0 aliphatic rings. The standard InChI is InChI=1S/C10H10N2O/c1-5-6(2)12-9-8-7(3-4-11-8)13-10(5)9/h3-4,11-12H,1-2H3. The second-order valence-electron chi connectivity index (χ2n) is 3.40. The van der Waals surface area contributed by atoms with Crippen molar-refractivity contribution >= 4 is 22.2 Å². The zero-order valence-corrected chi connectivity index (χ0v) is 7.56. The van der Waals surface area contributed by atoms with Crippen LogP contribution in [0.15, 0.2) is 16.7 Å². The van der Waals surface area contributed by atoms with Gasteiger partial charge in [-0.3, -0.25) is 0 Å². The lowest BCUT2D eigenvalue weighted by atomic mass is 10.3. The molecule has 3 nitrogen and oxygen atoms in total. The monoisotopic (exact) mass is 174 g/mol. The van der Waals surface area contributed by atoms with Crippen LogP contribution < -0.4 is 0 Å². The van der Waals surface area contributed by atoms with Crippen LogP contribution in [-0.4, -0.2) is 9.97 Å². The number of H-pyrrole nitrogens is 2. The molecule has 0 aliphatic carbocycles. The van der Waals surface area contributed by atoms with Crippen molar-refractivity contribution in [1.82, 2.24) is 9.97 Å². The van der Waals surface area contributed by atoms with Gasteiger partial charge in [0.05, 0.1) is 0 Å². The van der Waals surface area contributed by atoms with E-state index < -0.39 is 0 Å². The highest BCUT2D eigenvalue weighted by atomic mass is 16.3. The summed E-state index contributed by atoms with van der Waals surface area (Å²) in [4.78, 5) is 6.47. The zero-order valence-electron chi connectivity index (χ0n) is 7.56. The molecule has 3 aromatic rings. The minimum Gasteiger partial charge on any atom is -0.452 e. The highest BCUT2D eigenvalue weighted by Gasteiger charge is 2.13. The molecule has 0 aromatic carbocycles. The summed E-state index contributed by atoms with van der Waals surface area (Å²) in [6, 6.07) is 1.94. The number of aryl methyl sites for hydroxylation is 2. The van der Waals surface area contributed by atoms with Crippen molar-refractivity contribution in [3.05, 3.63) is 23.5 Å². The lowest BCUT2D eigenvalue weighted by molar-refractivity contribution is 0.667. The predicted molar refractivity (Wildman–Crippen MR) is 51.9 cm³/mol. The third-order valence-electron chi connectivity index (χ3n) is 2.61. The van der Waals surface area contributed by atoms with Crippen LogP contribution in [0.2, 0.25) is 0 Å². The summed E-state index contributed by atoms with van der Waals surface area (Å²) in [7, 11) is 0. The summed E-state index contributed by atoms with van der Waals surface area (Å²) in [5, 5.41) is 0. The molecule has 13 heavy (non-hydrogen) atoms. The van der Waals surface area contributed by atoms with Crippen molar-refractivity contribution in [2.45, 2.75) is 13.8 Å². The molecule has 3 heteroatoms. The molecule has 0 unspecified atom stereocenters. The summed E-state index contributed by atoms with van der Waals surface area (Å²) < 4.78 is 5.68. The van der Waals surface area contributed by atoms with Crippen LogP contribution in [0.25, 0.3) is 22.2 Å². The topological polar surface area (TPSA) is 44.7 Å². The van der Waals surface area contributed by atoms with Crippen molar-refractivity contribution in [2.75, 3.05) is 0 Å². The fraction of sp³-hybridized carbons (Fsp3) is 0.200. The van der Waals surface area contributed by atoms with E-state index in [9.17, 15) is 0 Å². The number of hydrogen-bond donors (Lipinski definition) is 2. The molecule has 3 rings (SSSR count). The first-order valence-electron chi connectivity index (χ1n) is 4.32. The Morgan fingerprint density at radius 1 is 1.23 bits per heavy atom. The SMILES string of the molecule is Cc1[nH]c2c(oc3cc[nH]c32)c1C. The molecular formula is C10H10N2O. The third-order valence-corrected chi connectivity index (χ3v) is 2.61. The van der Waals surface area contributed by atoms with Crippen molar-refractivity contribution < 1.29 is 4.42 Å². The molecule has 3 heterocycles. The lowest BCUT2D eigenvalue weighted by Crippen LogP contribution is -1.72. The Morgan fingerprint density at radius 3 is 2.92 bits per heavy atom. The molecule has 0 radical (unpaired) electrons. The summed E-state index contributed by atoms with van der Waals surface area (Å²) >= 11 is 0. The Hall–Kier alpha value is -1.64. The number of aromatic nitrogens is 2. The number of hydrogen-bond acceptors (Lipinski definition) is 1. The first-order valence-corrected chi connectivity index (χ1v) is 4.32. The maximum atomic E-state index is 5.68. The van der Waals surface area contributed by atoms with Crippen LogP contribution in [0.1, 0.15) is 11.3 Å². The Balaban J connectivity index is 2.63. The van der Waals surface area contributed by atoms with E-state index in [1.807, 2.05) is 12.3 Å². The molecular weight excluding hydrogens is 164 g/mol. The van der Waals surface area contributed by atoms with Gasteiger partial charge < -0.3 is 14.4 Å². The van der Waals surface area contributed by atoms with E-state index in [1.165, 1.54) is 11.3 Å². The highest BCUT2D eigenvalue weighted by molar-refractivity contribution is 6.02. The number of furan rings is 1. The van der Waals surface area contributed by atoms with Crippen LogP contribution in [0, 0.1) is 13.8 Å². The van der Waals surface area contributed by atoms with Crippen molar-refractivity contribution in [1.29, 1.82) is 0 Å². The van der Waals surface area contributed by atoms with E-state index >= 15 is 0 Å². The van der Waals surface area contributed by atoms with Crippen LogP contribution in [0.5, 0.6) is 0 Å². The first kappa shape index (κ1) is 6.83. The van der Waals surface area contributed by atoms with Gasteiger partial charge in [-0.1, -0.05) is 0 Å². The second kappa shape index (κ2) is 1.99. The average molecular weight is 174 g/mol. The highest BCUT2D eigenvalue weighted by Crippen LogP contribution is 2.30. The number of aromatic amines is 2. The van der Waals surface area contributed by atoms with Crippen LogP contribution in [0.3, 0.4) is 0 Å². The van der Waals surface area contributed by atoms with E-state index in [1.54, 1.807) is 0 Å². The Labute approximate surface area is 74.7 Å². The van der Waals surface area contributed by atoms with E-state index in [4.69, 9.17) is 4.42 Å². The quantitative estimate of drug-likeness (QED) is 0.540. The molecule has 66 valence electrons. The molecule has 0 bridgehead atoms. The minimum atomic E-state index is 0.921. The minimum absolute atomic E-state index is 0.921. The van der Waals surface area contributed by atoms with Gasteiger partial charge in [-0.15, -0.1) is 0 Å². The van der Waals surface area contributed by atoms with Gasteiger partial charge in [0.1, 0.15) is 11.0 Å². The maximum absolute atomic E-state index is 5.68. The van der Waals surface area contributed by atoms with E-state index in [-0.39, 0.29) is 0 Å². The zero-order chi connectivity index (χ0) is 9.00. The van der Waals surface area contributed by atoms with Gasteiger partial charge >= 0.3 is 0 Å². The number of fused-ring (bicyclic) bond motifs is 3. The molecule has 3 aromatic heterocycles. The molecule has 0 amide bonds. The Morgan fingerprint density at radius 2 is 2.08 bits per heavy atom. The Bertz CT molecular complexity index is 582. The van der Waals surface area contributed by atoms with Crippen LogP contribution >= 0.6 is 0 Å². The maximum Gasteiger partial charge on any atom is 0.157 e. The first-order chi connectivity index (χ1) is 6.27. The van der Waals surface area contributed by atoms with Crippen LogP contribution in [0.4, 0.5) is 0 Å². The predicted octanol–water partition coefficient (Wildman–Crippen LogP) is 2.86. The van der Waals surface area contributed by atoms with Gasteiger partial charge in [0.2, 0.25) is 0 Å². The summed E-state index contributed by atoms with van der Waals surface area (Å²) in [6.07, 6.45) is 1.89. The van der Waals surface area contributed by atoms with Crippen molar-refractivity contribution in [3.63, 3.8) is 0 Å². The van der Waals surface area contributed by atoms with E-state index in [0.29, 0.717) is 0 Å². The van der Waals surface area contributed by atoms with E-state index in [2.05, 4.69) is 23.8 Å². The van der Waals surface area contributed by atoms with Crippen molar-refractivity contribution in [3.8, 4) is 0 Å². The summed E-state index contributed by atoms with van der Waals surface area (Å²) in [5.74, 6) is 0. The molecule has 0 aliphatic heterocycles. The third kappa shape index (κ3) is 0.691. The molecule has 2 N–H and O–H groups in total. The second-order valence-corrected chi connectivity index (χ2v) is 3.40.